The van der Waals surface area contributed by atoms with Gasteiger partial charge >= 0.3 is 0 Å². The van der Waals surface area contributed by atoms with E-state index in [2.05, 4.69) is 5.32 Å². The molecule has 1 aromatic rings. The summed E-state index contributed by atoms with van der Waals surface area (Å²) in [5.74, 6) is 0.0259. The van der Waals surface area contributed by atoms with E-state index < -0.39 is 5.66 Å². The molecule has 2 aliphatic heterocycles. The van der Waals surface area contributed by atoms with Gasteiger partial charge in [-0.1, -0.05) is 12.1 Å². The molecule has 1 aromatic carbocycles. The van der Waals surface area contributed by atoms with Crippen molar-refractivity contribution >= 4 is 23.4 Å². The van der Waals surface area contributed by atoms with Crippen LogP contribution in [0, 0.1) is 5.92 Å². The van der Waals surface area contributed by atoms with E-state index in [0.717, 1.165) is 12.8 Å². The molecule has 138 valence electrons. The lowest BCUT2D eigenvalue weighted by atomic mass is 9.98. The lowest BCUT2D eigenvalue weighted by Crippen LogP contribution is -2.64. The number of benzene rings is 1. The van der Waals surface area contributed by atoms with Crippen LogP contribution in [0.15, 0.2) is 24.3 Å². The molecule has 3 amide bonds. The van der Waals surface area contributed by atoms with Crippen LogP contribution in [0.5, 0.6) is 0 Å². The molecule has 0 radical (unpaired) electrons. The summed E-state index contributed by atoms with van der Waals surface area (Å²) in [5, 5.41) is 2.84. The van der Waals surface area contributed by atoms with Gasteiger partial charge in [-0.2, -0.15) is 0 Å². The van der Waals surface area contributed by atoms with E-state index in [9.17, 15) is 14.4 Å². The van der Waals surface area contributed by atoms with Gasteiger partial charge in [-0.05, 0) is 44.2 Å². The Bertz CT molecular complexity index is 776. The highest BCUT2D eigenvalue weighted by molar-refractivity contribution is 6.11. The molecule has 26 heavy (non-hydrogen) atoms. The van der Waals surface area contributed by atoms with Crippen LogP contribution in [0.2, 0.25) is 0 Å². The minimum Gasteiger partial charge on any atom is -0.353 e. The summed E-state index contributed by atoms with van der Waals surface area (Å²) in [7, 11) is 0. The lowest BCUT2D eigenvalue weighted by Gasteiger charge is -2.48. The standard InChI is InChI=1S/C19H24N4O3/c1-19-9-8-17(25)23(19)15-5-3-2-4-13(15)18(26)22(19)11-16(24)21-10-14(20)12-6-7-12/h2-5,12,14H,6-11,20H2,1H3,(H,21,24). The van der Waals surface area contributed by atoms with Gasteiger partial charge in [0, 0.05) is 19.0 Å². The normalized spacial score (nSPS) is 25.8. The molecule has 3 N–H and O–H groups in total. The second-order valence-corrected chi connectivity index (χ2v) is 7.66. The fraction of sp³-hybridized carbons (Fsp3) is 0.526. The molecule has 0 aromatic heterocycles. The number of nitrogens with two attached hydrogens (primary N) is 1. The van der Waals surface area contributed by atoms with Gasteiger partial charge in [0.05, 0.1) is 11.3 Å². The Kier molecular flexibility index (Phi) is 3.99. The maximum absolute atomic E-state index is 13.0. The van der Waals surface area contributed by atoms with Gasteiger partial charge < -0.3 is 16.0 Å². The van der Waals surface area contributed by atoms with Gasteiger partial charge in [-0.15, -0.1) is 0 Å². The summed E-state index contributed by atoms with van der Waals surface area (Å²) >= 11 is 0. The van der Waals surface area contributed by atoms with Crippen molar-refractivity contribution < 1.29 is 14.4 Å². The minimum atomic E-state index is -0.807. The first-order valence-electron chi connectivity index (χ1n) is 9.18. The molecule has 4 rings (SSSR count). The Morgan fingerprint density at radius 2 is 2.08 bits per heavy atom. The highest BCUT2D eigenvalue weighted by Crippen LogP contribution is 2.43. The SMILES string of the molecule is CC12CCC(=O)N1c1ccccc1C(=O)N2CC(=O)NCC(N)C1CC1. The molecule has 0 bridgehead atoms. The Morgan fingerprint density at radius 3 is 2.81 bits per heavy atom. The van der Waals surface area contributed by atoms with Crippen molar-refractivity contribution in [2.45, 2.75) is 44.3 Å². The van der Waals surface area contributed by atoms with E-state index >= 15 is 0 Å². The largest absolute Gasteiger partial charge is 0.353 e. The van der Waals surface area contributed by atoms with E-state index in [0.29, 0.717) is 36.6 Å². The highest BCUT2D eigenvalue weighted by Gasteiger charge is 2.53. The average molecular weight is 356 g/mol. The summed E-state index contributed by atoms with van der Waals surface area (Å²) in [6.07, 6.45) is 3.12. The fourth-order valence-corrected chi connectivity index (χ4v) is 4.06. The highest BCUT2D eigenvalue weighted by atomic mass is 16.2. The van der Waals surface area contributed by atoms with E-state index in [-0.39, 0.29) is 30.3 Å². The van der Waals surface area contributed by atoms with Crippen LogP contribution in [-0.2, 0) is 9.59 Å². The lowest BCUT2D eigenvalue weighted by molar-refractivity contribution is -0.124. The van der Waals surface area contributed by atoms with Crippen LogP contribution in [0.25, 0.3) is 0 Å². The van der Waals surface area contributed by atoms with E-state index in [1.165, 1.54) is 4.90 Å². The topological polar surface area (TPSA) is 95.7 Å². The van der Waals surface area contributed by atoms with E-state index in [4.69, 9.17) is 5.73 Å². The second kappa shape index (κ2) is 6.09. The zero-order valence-corrected chi connectivity index (χ0v) is 14.9. The van der Waals surface area contributed by atoms with Gasteiger partial charge in [-0.3, -0.25) is 19.3 Å². The van der Waals surface area contributed by atoms with Crippen molar-refractivity contribution in [3.05, 3.63) is 29.8 Å². The van der Waals surface area contributed by atoms with Crippen LogP contribution >= 0.6 is 0 Å². The first-order chi connectivity index (χ1) is 12.4. The van der Waals surface area contributed by atoms with Crippen molar-refractivity contribution in [3.63, 3.8) is 0 Å². The first kappa shape index (κ1) is 17.0. The third kappa shape index (κ3) is 2.67. The van der Waals surface area contributed by atoms with Gasteiger partial charge in [0.1, 0.15) is 12.2 Å². The number of carbonyl (C=O) groups is 3. The van der Waals surface area contributed by atoms with Gasteiger partial charge in [0.15, 0.2) is 0 Å². The number of carbonyl (C=O) groups excluding carboxylic acids is 3. The first-order valence-corrected chi connectivity index (χ1v) is 9.18. The molecule has 1 aliphatic carbocycles. The molecule has 3 aliphatic rings. The Labute approximate surface area is 152 Å². The molecule has 2 fully saturated rings. The number of fused-ring (bicyclic) bond motifs is 3. The molecule has 1 saturated carbocycles. The number of nitrogens with one attached hydrogen (secondary N) is 1. The van der Waals surface area contributed by atoms with Crippen LogP contribution in [0.4, 0.5) is 5.69 Å². The van der Waals surface area contributed by atoms with E-state index in [1.807, 2.05) is 13.0 Å². The Balaban J connectivity index is 1.56. The Hall–Kier alpha value is -2.41. The van der Waals surface area contributed by atoms with Crippen molar-refractivity contribution in [1.82, 2.24) is 10.2 Å². The molecule has 2 heterocycles. The quantitative estimate of drug-likeness (QED) is 0.817. The van der Waals surface area contributed by atoms with Crippen molar-refractivity contribution in [1.29, 1.82) is 0 Å². The molecular weight excluding hydrogens is 332 g/mol. The average Bonchev–Trinajstić information content (AvgIpc) is 3.42. The summed E-state index contributed by atoms with van der Waals surface area (Å²) in [6, 6.07) is 7.06. The van der Waals surface area contributed by atoms with Crippen LogP contribution in [0.3, 0.4) is 0 Å². The predicted octanol–water partition coefficient (Wildman–Crippen LogP) is 0.839. The third-order valence-electron chi connectivity index (χ3n) is 5.81. The molecule has 0 spiro atoms. The number of hydrogen-bond acceptors (Lipinski definition) is 4. The maximum atomic E-state index is 13.0. The number of nitrogens with zero attached hydrogens (tertiary/aromatic N) is 2. The van der Waals surface area contributed by atoms with Gasteiger partial charge in [0.25, 0.3) is 5.91 Å². The fourth-order valence-electron chi connectivity index (χ4n) is 4.06. The van der Waals surface area contributed by atoms with Crippen molar-refractivity contribution in [2.24, 2.45) is 11.7 Å². The molecule has 7 nitrogen and oxygen atoms in total. The number of amides is 3. The summed E-state index contributed by atoms with van der Waals surface area (Å²) < 4.78 is 0. The number of hydrogen-bond donors (Lipinski definition) is 2. The number of anilines is 1. The summed E-state index contributed by atoms with van der Waals surface area (Å²) in [6.45, 7) is 2.20. The summed E-state index contributed by atoms with van der Waals surface area (Å²) in [4.78, 5) is 41.2. The second-order valence-electron chi connectivity index (χ2n) is 7.66. The van der Waals surface area contributed by atoms with E-state index in [1.54, 1.807) is 23.1 Å². The van der Waals surface area contributed by atoms with Crippen LogP contribution in [-0.4, -0.2) is 47.4 Å². The Morgan fingerprint density at radius 1 is 1.35 bits per heavy atom. The molecule has 2 unspecified atom stereocenters. The molecule has 7 heteroatoms. The summed E-state index contributed by atoms with van der Waals surface area (Å²) in [5.41, 5.74) is 6.32. The zero-order chi connectivity index (χ0) is 18.5. The van der Waals surface area contributed by atoms with Gasteiger partial charge in [-0.25, -0.2) is 0 Å². The predicted molar refractivity (Wildman–Crippen MR) is 96.3 cm³/mol. The smallest absolute Gasteiger partial charge is 0.258 e. The van der Waals surface area contributed by atoms with Crippen molar-refractivity contribution in [3.8, 4) is 0 Å². The number of rotatable bonds is 5. The van der Waals surface area contributed by atoms with Crippen LogP contribution < -0.4 is 16.0 Å². The molecule has 1 saturated heterocycles. The number of para-hydroxylation sites is 1. The monoisotopic (exact) mass is 356 g/mol. The van der Waals surface area contributed by atoms with Crippen molar-refractivity contribution in [2.75, 3.05) is 18.0 Å². The molecular formula is C19H24N4O3. The third-order valence-corrected chi connectivity index (χ3v) is 5.81. The van der Waals surface area contributed by atoms with Gasteiger partial charge in [0.2, 0.25) is 11.8 Å². The van der Waals surface area contributed by atoms with Crippen LogP contribution in [0.1, 0.15) is 43.0 Å². The minimum absolute atomic E-state index is 0.0198. The zero-order valence-electron chi connectivity index (χ0n) is 14.9. The molecule has 2 atom stereocenters. The maximum Gasteiger partial charge on any atom is 0.258 e.